The molecule has 2 rings (SSSR count). The van der Waals surface area contributed by atoms with Crippen LogP contribution in [-0.4, -0.2) is 32.3 Å². The number of carbonyl (C=O) groups is 1. The molecule has 0 radical (unpaired) electrons. The lowest BCUT2D eigenvalue weighted by molar-refractivity contribution is -0.179. The number of nitrogens with two attached hydrogens (primary N) is 1. The summed E-state index contributed by atoms with van der Waals surface area (Å²) in [6, 6.07) is 4.75. The molecule has 1 aromatic rings. The van der Waals surface area contributed by atoms with E-state index >= 15 is 0 Å². The van der Waals surface area contributed by atoms with Gasteiger partial charge in [-0.1, -0.05) is 0 Å². The lowest BCUT2D eigenvalue weighted by atomic mass is 9.95. The minimum Gasteiger partial charge on any atom is -0.465 e. The average molecular weight is 302 g/mol. The van der Waals surface area contributed by atoms with E-state index in [9.17, 15) is 18.0 Å². The molecule has 0 unspecified atom stereocenters. The first-order valence-electron chi connectivity index (χ1n) is 6.62. The summed E-state index contributed by atoms with van der Waals surface area (Å²) in [5, 5.41) is 0. The summed E-state index contributed by atoms with van der Waals surface area (Å²) in [6.07, 6.45) is -4.11. The van der Waals surface area contributed by atoms with E-state index in [0.29, 0.717) is 11.4 Å². The first-order chi connectivity index (χ1) is 9.82. The molecule has 1 aliphatic heterocycles. The van der Waals surface area contributed by atoms with E-state index in [1.165, 1.54) is 13.2 Å². The van der Waals surface area contributed by atoms with Gasteiger partial charge < -0.3 is 15.4 Å². The largest absolute Gasteiger partial charge is 0.465 e. The van der Waals surface area contributed by atoms with Crippen molar-refractivity contribution in [2.45, 2.75) is 19.0 Å². The Morgan fingerprint density at radius 1 is 1.33 bits per heavy atom. The Bertz CT molecular complexity index is 523. The molecule has 1 heterocycles. The van der Waals surface area contributed by atoms with Crippen molar-refractivity contribution < 1.29 is 22.7 Å². The van der Waals surface area contributed by atoms with Crippen LogP contribution in [0, 0.1) is 5.92 Å². The van der Waals surface area contributed by atoms with Gasteiger partial charge in [0.25, 0.3) is 0 Å². The van der Waals surface area contributed by atoms with Gasteiger partial charge in [0.2, 0.25) is 0 Å². The Balaban J connectivity index is 2.19. The maximum Gasteiger partial charge on any atom is 0.391 e. The van der Waals surface area contributed by atoms with Gasteiger partial charge in [0.15, 0.2) is 0 Å². The Labute approximate surface area is 120 Å². The number of anilines is 2. The molecule has 1 fully saturated rings. The van der Waals surface area contributed by atoms with Crippen molar-refractivity contribution in [3.63, 3.8) is 0 Å². The molecule has 1 aromatic carbocycles. The molecule has 0 aromatic heterocycles. The van der Waals surface area contributed by atoms with Gasteiger partial charge in [0, 0.05) is 18.8 Å². The number of hydrogen-bond acceptors (Lipinski definition) is 4. The van der Waals surface area contributed by atoms with Crippen LogP contribution in [0.15, 0.2) is 18.2 Å². The standard InChI is InChI=1S/C14H17F3N2O2/c1-21-13(20)11-8-10(18)2-3-12(11)19-6-4-9(5-7-19)14(15,16)17/h2-3,8-9H,4-7,18H2,1H3. The SMILES string of the molecule is COC(=O)c1cc(N)ccc1N1CCC(C(F)(F)F)CC1. The van der Waals surface area contributed by atoms with Gasteiger partial charge in [-0.15, -0.1) is 0 Å². The second kappa shape index (κ2) is 5.83. The number of piperidine rings is 1. The summed E-state index contributed by atoms with van der Waals surface area (Å²) in [5.41, 5.74) is 6.91. The van der Waals surface area contributed by atoms with Crippen molar-refractivity contribution in [3.05, 3.63) is 23.8 Å². The molecule has 1 aliphatic rings. The number of esters is 1. The number of hydrogen-bond donors (Lipinski definition) is 1. The molecular formula is C14H17F3N2O2. The van der Waals surface area contributed by atoms with Gasteiger partial charge in [-0.3, -0.25) is 0 Å². The van der Waals surface area contributed by atoms with Crippen molar-refractivity contribution in [2.75, 3.05) is 30.8 Å². The first-order valence-corrected chi connectivity index (χ1v) is 6.62. The third kappa shape index (κ3) is 3.40. The highest BCUT2D eigenvalue weighted by molar-refractivity contribution is 5.97. The van der Waals surface area contributed by atoms with Crippen LogP contribution < -0.4 is 10.6 Å². The number of carbonyl (C=O) groups excluding carboxylic acids is 1. The Morgan fingerprint density at radius 3 is 2.48 bits per heavy atom. The van der Waals surface area contributed by atoms with Crippen molar-refractivity contribution in [1.82, 2.24) is 0 Å². The Hall–Kier alpha value is -1.92. The molecule has 21 heavy (non-hydrogen) atoms. The quantitative estimate of drug-likeness (QED) is 0.674. The fourth-order valence-corrected chi connectivity index (χ4v) is 2.55. The highest BCUT2D eigenvalue weighted by Crippen LogP contribution is 2.36. The van der Waals surface area contributed by atoms with E-state index in [-0.39, 0.29) is 31.5 Å². The number of methoxy groups -OCH3 is 1. The summed E-state index contributed by atoms with van der Waals surface area (Å²) in [6.45, 7) is 0.496. The van der Waals surface area contributed by atoms with Crippen molar-refractivity contribution >= 4 is 17.3 Å². The predicted octanol–water partition coefficient (Wildman–Crippen LogP) is 2.83. The Kier molecular flexibility index (Phi) is 4.29. The van der Waals surface area contributed by atoms with E-state index in [1.54, 1.807) is 17.0 Å². The van der Waals surface area contributed by atoms with Crippen LogP contribution in [0.4, 0.5) is 24.5 Å². The van der Waals surface area contributed by atoms with Gasteiger partial charge in [-0.2, -0.15) is 13.2 Å². The maximum atomic E-state index is 12.7. The van der Waals surface area contributed by atoms with E-state index in [1.807, 2.05) is 0 Å². The molecular weight excluding hydrogens is 285 g/mol. The average Bonchev–Trinajstić information content (AvgIpc) is 2.45. The second-order valence-electron chi connectivity index (χ2n) is 5.07. The summed E-state index contributed by atoms with van der Waals surface area (Å²) in [5.74, 6) is -1.82. The highest BCUT2D eigenvalue weighted by atomic mass is 19.4. The maximum absolute atomic E-state index is 12.7. The van der Waals surface area contributed by atoms with Crippen LogP contribution in [-0.2, 0) is 4.74 Å². The molecule has 0 saturated carbocycles. The van der Waals surface area contributed by atoms with Gasteiger partial charge in [-0.05, 0) is 31.0 Å². The zero-order valence-corrected chi connectivity index (χ0v) is 11.6. The molecule has 0 amide bonds. The van der Waals surface area contributed by atoms with Crippen LogP contribution in [0.2, 0.25) is 0 Å². The van der Waals surface area contributed by atoms with Crippen molar-refractivity contribution in [3.8, 4) is 0 Å². The minimum atomic E-state index is -4.15. The second-order valence-corrected chi connectivity index (χ2v) is 5.07. The van der Waals surface area contributed by atoms with E-state index in [4.69, 9.17) is 10.5 Å². The normalized spacial score (nSPS) is 16.9. The van der Waals surface area contributed by atoms with Crippen molar-refractivity contribution in [2.24, 2.45) is 5.92 Å². The number of nitrogens with zero attached hydrogens (tertiary/aromatic N) is 1. The van der Waals surface area contributed by atoms with Crippen LogP contribution in [0.5, 0.6) is 0 Å². The van der Waals surface area contributed by atoms with Gasteiger partial charge in [0.1, 0.15) is 0 Å². The predicted molar refractivity (Wildman–Crippen MR) is 73.2 cm³/mol. The lowest BCUT2D eigenvalue weighted by Crippen LogP contribution is -2.39. The third-order valence-corrected chi connectivity index (χ3v) is 3.72. The van der Waals surface area contributed by atoms with Crippen LogP contribution >= 0.6 is 0 Å². The topological polar surface area (TPSA) is 55.6 Å². The zero-order valence-electron chi connectivity index (χ0n) is 11.6. The third-order valence-electron chi connectivity index (χ3n) is 3.72. The van der Waals surface area contributed by atoms with E-state index < -0.39 is 18.1 Å². The zero-order chi connectivity index (χ0) is 15.6. The molecule has 0 aliphatic carbocycles. The molecule has 1 saturated heterocycles. The molecule has 0 bridgehead atoms. The molecule has 2 N–H and O–H groups in total. The molecule has 116 valence electrons. The van der Waals surface area contributed by atoms with Crippen LogP contribution in [0.3, 0.4) is 0 Å². The number of benzene rings is 1. The summed E-state index contributed by atoms with van der Waals surface area (Å²) in [4.78, 5) is 13.5. The van der Waals surface area contributed by atoms with E-state index in [0.717, 1.165) is 0 Å². The van der Waals surface area contributed by atoms with Crippen molar-refractivity contribution in [1.29, 1.82) is 0 Å². The summed E-state index contributed by atoms with van der Waals surface area (Å²) < 4.78 is 42.7. The fourth-order valence-electron chi connectivity index (χ4n) is 2.55. The summed E-state index contributed by atoms with van der Waals surface area (Å²) >= 11 is 0. The number of ether oxygens (including phenoxy) is 1. The van der Waals surface area contributed by atoms with Crippen LogP contribution in [0.25, 0.3) is 0 Å². The Morgan fingerprint density at radius 2 is 1.95 bits per heavy atom. The monoisotopic (exact) mass is 302 g/mol. The van der Waals surface area contributed by atoms with Crippen LogP contribution in [0.1, 0.15) is 23.2 Å². The number of rotatable bonds is 2. The minimum absolute atomic E-state index is 0.0223. The molecule has 0 atom stereocenters. The number of nitrogen functional groups attached to an aromatic ring is 1. The molecule has 4 nitrogen and oxygen atoms in total. The fraction of sp³-hybridized carbons (Fsp3) is 0.500. The summed E-state index contributed by atoms with van der Waals surface area (Å²) in [7, 11) is 1.26. The number of alkyl halides is 3. The van der Waals surface area contributed by atoms with Gasteiger partial charge in [0.05, 0.1) is 24.3 Å². The number of halogens is 3. The molecule has 0 spiro atoms. The first kappa shape index (κ1) is 15.5. The smallest absolute Gasteiger partial charge is 0.391 e. The molecule has 7 heteroatoms. The van der Waals surface area contributed by atoms with Gasteiger partial charge >= 0.3 is 12.1 Å². The lowest BCUT2D eigenvalue weighted by Gasteiger charge is -2.35. The highest BCUT2D eigenvalue weighted by Gasteiger charge is 2.41. The van der Waals surface area contributed by atoms with E-state index in [2.05, 4.69) is 0 Å². The van der Waals surface area contributed by atoms with Gasteiger partial charge in [-0.25, -0.2) is 4.79 Å².